The van der Waals surface area contributed by atoms with Gasteiger partial charge in [0, 0.05) is 19.6 Å². The van der Waals surface area contributed by atoms with Crippen LogP contribution < -0.4 is 10.1 Å². The minimum absolute atomic E-state index is 0.0516. The van der Waals surface area contributed by atoms with E-state index in [9.17, 15) is 4.79 Å². The smallest absolute Gasteiger partial charge is 0.257 e. The maximum atomic E-state index is 11.7. The topological polar surface area (TPSA) is 41.6 Å². The quantitative estimate of drug-likeness (QED) is 0.787. The molecule has 1 heterocycles. The normalized spacial score (nSPS) is 22.3. The third-order valence-electron chi connectivity index (χ3n) is 4.03. The highest BCUT2D eigenvalue weighted by molar-refractivity contribution is 5.77. The van der Waals surface area contributed by atoms with Gasteiger partial charge in [-0.25, -0.2) is 0 Å². The molecule has 1 saturated heterocycles. The highest BCUT2D eigenvalue weighted by Crippen LogP contribution is 2.20. The van der Waals surface area contributed by atoms with Crippen LogP contribution in [0.1, 0.15) is 26.7 Å². The van der Waals surface area contributed by atoms with Gasteiger partial charge in [-0.1, -0.05) is 32.0 Å². The van der Waals surface area contributed by atoms with E-state index in [1.807, 2.05) is 30.3 Å². The van der Waals surface area contributed by atoms with Crippen molar-refractivity contribution in [1.29, 1.82) is 0 Å². The molecule has 0 bridgehead atoms. The second kappa shape index (κ2) is 8.79. The van der Waals surface area contributed by atoms with Crippen molar-refractivity contribution >= 4 is 5.91 Å². The van der Waals surface area contributed by atoms with Crippen LogP contribution in [0.2, 0.25) is 0 Å². The van der Waals surface area contributed by atoms with E-state index in [1.54, 1.807) is 0 Å². The molecule has 0 unspecified atom stereocenters. The van der Waals surface area contributed by atoms with E-state index in [0.29, 0.717) is 0 Å². The molecule has 0 spiro atoms. The second-order valence-corrected chi connectivity index (χ2v) is 6.51. The van der Waals surface area contributed by atoms with Crippen molar-refractivity contribution in [2.24, 2.45) is 11.8 Å². The lowest BCUT2D eigenvalue weighted by molar-refractivity contribution is -0.123. The highest BCUT2D eigenvalue weighted by Gasteiger charge is 2.20. The molecule has 1 N–H and O–H groups in total. The fourth-order valence-electron chi connectivity index (χ4n) is 3.22. The highest BCUT2D eigenvalue weighted by atomic mass is 16.5. The minimum Gasteiger partial charge on any atom is -0.484 e. The number of hydrogen-bond acceptors (Lipinski definition) is 3. The van der Waals surface area contributed by atoms with Gasteiger partial charge in [-0.2, -0.15) is 0 Å². The fourth-order valence-corrected chi connectivity index (χ4v) is 3.22. The Balaban J connectivity index is 1.55. The van der Waals surface area contributed by atoms with Crippen molar-refractivity contribution in [3.8, 4) is 5.75 Å². The summed E-state index contributed by atoms with van der Waals surface area (Å²) in [4.78, 5) is 14.2. The Hall–Kier alpha value is -1.55. The van der Waals surface area contributed by atoms with Crippen molar-refractivity contribution < 1.29 is 9.53 Å². The molecule has 4 nitrogen and oxygen atoms in total. The monoisotopic (exact) mass is 304 g/mol. The van der Waals surface area contributed by atoms with Gasteiger partial charge in [0.15, 0.2) is 6.61 Å². The number of likely N-dealkylation sites (tertiary alicyclic amines) is 1. The van der Waals surface area contributed by atoms with Crippen molar-refractivity contribution in [3.05, 3.63) is 30.3 Å². The summed E-state index contributed by atoms with van der Waals surface area (Å²) in [5.74, 6) is 2.26. The van der Waals surface area contributed by atoms with E-state index in [1.165, 1.54) is 19.5 Å². The molecule has 2 rings (SSSR count). The lowest BCUT2D eigenvalue weighted by Crippen LogP contribution is -2.40. The van der Waals surface area contributed by atoms with Gasteiger partial charge >= 0.3 is 0 Å². The molecule has 0 aliphatic carbocycles. The van der Waals surface area contributed by atoms with Crippen LogP contribution >= 0.6 is 0 Å². The molecule has 1 aromatic carbocycles. The second-order valence-electron chi connectivity index (χ2n) is 6.51. The van der Waals surface area contributed by atoms with Crippen LogP contribution in [0.3, 0.4) is 0 Å². The molecule has 1 aliphatic heterocycles. The Kier molecular flexibility index (Phi) is 6.72. The van der Waals surface area contributed by atoms with Gasteiger partial charge in [0.2, 0.25) is 0 Å². The summed E-state index contributed by atoms with van der Waals surface area (Å²) in [5.41, 5.74) is 0. The number of carbonyl (C=O) groups excluding carboxylic acids is 1. The number of carbonyl (C=O) groups is 1. The number of benzene rings is 1. The van der Waals surface area contributed by atoms with Crippen LogP contribution in [0.4, 0.5) is 0 Å². The van der Waals surface area contributed by atoms with E-state index in [0.717, 1.165) is 37.1 Å². The maximum absolute atomic E-state index is 11.7. The molecular formula is C18H28N2O2. The molecule has 0 saturated carbocycles. The number of amides is 1. The van der Waals surface area contributed by atoms with Gasteiger partial charge in [-0.3, -0.25) is 4.79 Å². The first-order valence-corrected chi connectivity index (χ1v) is 8.30. The maximum Gasteiger partial charge on any atom is 0.257 e. The van der Waals surface area contributed by atoms with Crippen molar-refractivity contribution in [3.63, 3.8) is 0 Å². The van der Waals surface area contributed by atoms with Gasteiger partial charge in [0.25, 0.3) is 5.91 Å². The molecule has 1 fully saturated rings. The van der Waals surface area contributed by atoms with Gasteiger partial charge in [0.05, 0.1) is 0 Å². The fraction of sp³-hybridized carbons (Fsp3) is 0.611. The van der Waals surface area contributed by atoms with E-state index >= 15 is 0 Å². The van der Waals surface area contributed by atoms with Gasteiger partial charge in [-0.15, -0.1) is 0 Å². The van der Waals surface area contributed by atoms with Crippen LogP contribution in [0, 0.1) is 11.8 Å². The first-order valence-electron chi connectivity index (χ1n) is 8.30. The van der Waals surface area contributed by atoms with Crippen molar-refractivity contribution in [2.75, 3.05) is 32.8 Å². The first kappa shape index (κ1) is 16.8. The average molecular weight is 304 g/mol. The zero-order valence-corrected chi connectivity index (χ0v) is 13.8. The van der Waals surface area contributed by atoms with Crippen LogP contribution in [-0.2, 0) is 4.79 Å². The third kappa shape index (κ3) is 6.06. The van der Waals surface area contributed by atoms with E-state index in [-0.39, 0.29) is 12.5 Å². The summed E-state index contributed by atoms with van der Waals surface area (Å²) in [5, 5.41) is 2.92. The predicted molar refractivity (Wildman–Crippen MR) is 88.9 cm³/mol. The summed E-state index contributed by atoms with van der Waals surface area (Å²) < 4.78 is 5.42. The number of rotatable bonds is 7. The number of nitrogens with zero attached hydrogens (tertiary/aromatic N) is 1. The van der Waals surface area contributed by atoms with E-state index in [4.69, 9.17) is 4.74 Å². The summed E-state index contributed by atoms with van der Waals surface area (Å²) in [6, 6.07) is 9.43. The molecule has 1 amide bonds. The Morgan fingerprint density at radius 3 is 2.59 bits per heavy atom. The molecule has 4 heteroatoms. The van der Waals surface area contributed by atoms with Crippen molar-refractivity contribution in [2.45, 2.75) is 26.7 Å². The lowest BCUT2D eigenvalue weighted by Gasteiger charge is -2.34. The van der Waals surface area contributed by atoms with E-state index in [2.05, 4.69) is 24.1 Å². The number of ether oxygens (including phenoxy) is 1. The van der Waals surface area contributed by atoms with Gasteiger partial charge in [-0.05, 0) is 43.4 Å². The summed E-state index contributed by atoms with van der Waals surface area (Å²) in [7, 11) is 0. The molecule has 1 aromatic rings. The van der Waals surface area contributed by atoms with Gasteiger partial charge < -0.3 is 15.0 Å². The summed E-state index contributed by atoms with van der Waals surface area (Å²) in [6.07, 6.45) is 2.33. The summed E-state index contributed by atoms with van der Waals surface area (Å²) in [6.45, 7) is 8.90. The van der Waals surface area contributed by atoms with Crippen LogP contribution in [0.15, 0.2) is 30.3 Å². The zero-order valence-electron chi connectivity index (χ0n) is 13.8. The molecule has 2 atom stereocenters. The Morgan fingerprint density at radius 1 is 1.23 bits per heavy atom. The predicted octanol–water partition coefficient (Wildman–Crippen LogP) is 2.55. The standard InChI is InChI=1S/C18H28N2O2/c1-15-11-16(2)13-20(12-15)10-6-9-19-18(21)14-22-17-7-4-3-5-8-17/h3-5,7-8,15-16H,6,9-14H2,1-2H3,(H,19,21)/t15-,16-/m1/s1. The largest absolute Gasteiger partial charge is 0.484 e. The van der Waals surface area contributed by atoms with Crippen molar-refractivity contribution in [1.82, 2.24) is 10.2 Å². The Labute approximate surface area is 133 Å². The minimum atomic E-state index is -0.0516. The average Bonchev–Trinajstić information content (AvgIpc) is 2.50. The molecule has 122 valence electrons. The number of nitrogens with one attached hydrogen (secondary N) is 1. The van der Waals surface area contributed by atoms with Crippen LogP contribution in [0.5, 0.6) is 5.75 Å². The van der Waals surface area contributed by atoms with Crippen LogP contribution in [-0.4, -0.2) is 43.6 Å². The van der Waals surface area contributed by atoms with E-state index < -0.39 is 0 Å². The SMILES string of the molecule is C[C@@H]1C[C@@H](C)CN(CCCNC(=O)COc2ccccc2)C1. The van der Waals surface area contributed by atoms with Gasteiger partial charge in [0.1, 0.15) is 5.75 Å². The third-order valence-corrected chi connectivity index (χ3v) is 4.03. The molecule has 0 aromatic heterocycles. The van der Waals surface area contributed by atoms with Crippen LogP contribution in [0.25, 0.3) is 0 Å². The number of para-hydroxylation sites is 1. The Bertz CT molecular complexity index is 440. The Morgan fingerprint density at radius 2 is 1.91 bits per heavy atom. The molecule has 22 heavy (non-hydrogen) atoms. The zero-order chi connectivity index (χ0) is 15.8. The lowest BCUT2D eigenvalue weighted by atomic mass is 9.92. The molecule has 1 aliphatic rings. The first-order chi connectivity index (χ1) is 10.6. The summed E-state index contributed by atoms with van der Waals surface area (Å²) >= 11 is 0. The molecular weight excluding hydrogens is 276 g/mol. The number of hydrogen-bond donors (Lipinski definition) is 1. The molecule has 0 radical (unpaired) electrons. The number of piperidine rings is 1.